The molecule has 2 aromatic rings. The van der Waals surface area contributed by atoms with E-state index in [1.165, 1.54) is 12.8 Å². The lowest BCUT2D eigenvalue weighted by Gasteiger charge is -2.23. The molecule has 3 rings (SSSR count). The highest BCUT2D eigenvalue weighted by Gasteiger charge is 2.17. The predicted molar refractivity (Wildman–Crippen MR) is 93.2 cm³/mol. The largest absolute Gasteiger partial charge is 0.463 e. The van der Waals surface area contributed by atoms with Crippen molar-refractivity contribution in [3.63, 3.8) is 0 Å². The maximum absolute atomic E-state index is 12.3. The summed E-state index contributed by atoms with van der Waals surface area (Å²) in [4.78, 5) is 23.5. The van der Waals surface area contributed by atoms with Gasteiger partial charge in [0.2, 0.25) is 0 Å². The second-order valence-electron chi connectivity index (χ2n) is 6.31. The third-order valence-corrected chi connectivity index (χ3v) is 4.47. The number of aromatic amines is 1. The highest BCUT2D eigenvalue weighted by atomic mass is 16.5. The molecule has 2 aromatic heterocycles. The Morgan fingerprint density at radius 3 is 3.00 bits per heavy atom. The van der Waals surface area contributed by atoms with E-state index in [2.05, 4.69) is 27.2 Å². The van der Waals surface area contributed by atoms with E-state index in [9.17, 15) is 4.79 Å². The highest BCUT2D eigenvalue weighted by Crippen LogP contribution is 2.19. The van der Waals surface area contributed by atoms with Crippen molar-refractivity contribution in [2.75, 3.05) is 18.9 Å². The van der Waals surface area contributed by atoms with Crippen LogP contribution in [0, 0.1) is 0 Å². The first kappa shape index (κ1) is 16.8. The smallest absolute Gasteiger partial charge is 0.327 e. The molecule has 132 valence electrons. The Kier molecular flexibility index (Phi) is 5.34. The summed E-state index contributed by atoms with van der Waals surface area (Å²) in [6.07, 6.45) is 6.47. The first-order valence-electron chi connectivity index (χ1n) is 8.81. The Hall–Kier alpha value is -2.09. The molecule has 1 saturated heterocycles. The van der Waals surface area contributed by atoms with Gasteiger partial charge in [-0.1, -0.05) is 19.8 Å². The molecule has 0 spiro atoms. The zero-order valence-corrected chi connectivity index (χ0v) is 14.2. The van der Waals surface area contributed by atoms with Gasteiger partial charge in [-0.15, -0.1) is 0 Å². The number of hydrogen-bond acceptors (Lipinski definition) is 6. The van der Waals surface area contributed by atoms with E-state index in [-0.39, 0.29) is 17.5 Å². The number of hydrogen-bond donors (Lipinski definition) is 3. The van der Waals surface area contributed by atoms with Gasteiger partial charge in [-0.05, 0) is 32.2 Å². The molecule has 0 aromatic carbocycles. The van der Waals surface area contributed by atoms with Gasteiger partial charge in [0.05, 0.1) is 6.61 Å². The third kappa shape index (κ3) is 3.69. The summed E-state index contributed by atoms with van der Waals surface area (Å²) >= 11 is 0. The van der Waals surface area contributed by atoms with Crippen molar-refractivity contribution >= 4 is 17.0 Å². The van der Waals surface area contributed by atoms with Gasteiger partial charge in [-0.3, -0.25) is 4.57 Å². The Balaban J connectivity index is 1.80. The minimum absolute atomic E-state index is 0.201. The summed E-state index contributed by atoms with van der Waals surface area (Å²) in [6, 6.07) is 0.687. The fourth-order valence-electron chi connectivity index (χ4n) is 3.07. The van der Waals surface area contributed by atoms with E-state index in [1.54, 1.807) is 4.57 Å². The molecule has 8 nitrogen and oxygen atoms in total. The number of aryl methyl sites for hydroxylation is 1. The zero-order chi connectivity index (χ0) is 16.9. The van der Waals surface area contributed by atoms with Crippen LogP contribution in [-0.2, 0) is 6.54 Å². The summed E-state index contributed by atoms with van der Waals surface area (Å²) in [5.74, 6) is 0.248. The number of nitrogen functional groups attached to an aromatic ring is 1. The number of piperidine rings is 1. The molecule has 1 unspecified atom stereocenters. The second-order valence-corrected chi connectivity index (χ2v) is 6.31. The molecule has 1 aliphatic heterocycles. The van der Waals surface area contributed by atoms with Crippen LogP contribution in [0.3, 0.4) is 0 Å². The topological polar surface area (TPSA) is 111 Å². The van der Waals surface area contributed by atoms with Crippen LogP contribution in [0.25, 0.3) is 11.2 Å². The minimum Gasteiger partial charge on any atom is -0.463 e. The highest BCUT2D eigenvalue weighted by molar-refractivity contribution is 5.81. The maximum atomic E-state index is 12.3. The van der Waals surface area contributed by atoms with Gasteiger partial charge in [-0.25, -0.2) is 4.79 Å². The summed E-state index contributed by atoms with van der Waals surface area (Å²) in [7, 11) is 0. The number of rotatable bonds is 7. The van der Waals surface area contributed by atoms with E-state index in [1.807, 2.05) is 0 Å². The second kappa shape index (κ2) is 7.65. The molecule has 1 fully saturated rings. The van der Waals surface area contributed by atoms with Crippen LogP contribution in [0.5, 0.6) is 6.01 Å². The Bertz CT molecular complexity index is 732. The van der Waals surface area contributed by atoms with Gasteiger partial charge in [0.1, 0.15) is 5.52 Å². The summed E-state index contributed by atoms with van der Waals surface area (Å²) in [5.41, 5.74) is 6.76. The molecular formula is C16H26N6O2. The van der Waals surface area contributed by atoms with Crippen molar-refractivity contribution in [3.8, 4) is 6.01 Å². The Labute approximate surface area is 140 Å². The molecule has 0 radical (unpaired) electrons. The molecule has 8 heteroatoms. The average Bonchev–Trinajstić information content (AvgIpc) is 2.90. The maximum Gasteiger partial charge on any atom is 0.327 e. The predicted octanol–water partition coefficient (Wildman–Crippen LogP) is 1.41. The summed E-state index contributed by atoms with van der Waals surface area (Å²) < 4.78 is 7.19. The quantitative estimate of drug-likeness (QED) is 0.660. The molecule has 0 amide bonds. The zero-order valence-electron chi connectivity index (χ0n) is 14.2. The molecule has 4 N–H and O–H groups in total. The Morgan fingerprint density at radius 2 is 2.25 bits per heavy atom. The van der Waals surface area contributed by atoms with Gasteiger partial charge in [0, 0.05) is 12.6 Å². The molecular weight excluding hydrogens is 308 g/mol. The van der Waals surface area contributed by atoms with Gasteiger partial charge < -0.3 is 20.8 Å². The summed E-state index contributed by atoms with van der Waals surface area (Å²) in [6.45, 7) is 4.28. The number of nitrogens with two attached hydrogens (primary N) is 1. The van der Waals surface area contributed by atoms with Crippen LogP contribution >= 0.6 is 0 Å². The van der Waals surface area contributed by atoms with E-state index in [0.717, 1.165) is 32.2 Å². The van der Waals surface area contributed by atoms with Crippen LogP contribution in [0.1, 0.15) is 45.4 Å². The van der Waals surface area contributed by atoms with Crippen molar-refractivity contribution in [2.45, 2.75) is 58.0 Å². The molecule has 0 aliphatic carbocycles. The average molecular weight is 334 g/mol. The number of nitrogens with one attached hydrogen (secondary N) is 2. The number of imidazole rings is 1. The molecule has 1 aliphatic rings. The monoisotopic (exact) mass is 334 g/mol. The van der Waals surface area contributed by atoms with E-state index in [4.69, 9.17) is 10.5 Å². The van der Waals surface area contributed by atoms with Crippen molar-refractivity contribution in [1.82, 2.24) is 24.8 Å². The van der Waals surface area contributed by atoms with Crippen molar-refractivity contribution < 1.29 is 4.74 Å². The number of fused-ring (bicyclic) bond motifs is 1. The van der Waals surface area contributed by atoms with Crippen molar-refractivity contribution in [1.29, 1.82) is 0 Å². The molecule has 1 atom stereocenters. The Morgan fingerprint density at radius 1 is 1.38 bits per heavy atom. The number of nitrogens with zero attached hydrogens (tertiary/aromatic N) is 3. The van der Waals surface area contributed by atoms with E-state index < -0.39 is 0 Å². The lowest BCUT2D eigenvalue weighted by molar-refractivity contribution is 0.286. The van der Waals surface area contributed by atoms with E-state index in [0.29, 0.717) is 30.4 Å². The normalized spacial score (nSPS) is 18.1. The van der Waals surface area contributed by atoms with Crippen molar-refractivity contribution in [2.24, 2.45) is 0 Å². The molecule has 3 heterocycles. The number of H-pyrrole nitrogens is 1. The van der Waals surface area contributed by atoms with Gasteiger partial charge in [0.25, 0.3) is 0 Å². The van der Waals surface area contributed by atoms with Crippen LogP contribution in [0.2, 0.25) is 0 Å². The molecule has 0 saturated carbocycles. The number of anilines is 1. The van der Waals surface area contributed by atoms with Gasteiger partial charge in [0.15, 0.2) is 11.5 Å². The van der Waals surface area contributed by atoms with E-state index >= 15 is 0 Å². The SMILES string of the molecule is CCCCOc1nc(N)c2[nH]c(=O)n(CCC3CCCCN3)c2n1. The molecule has 24 heavy (non-hydrogen) atoms. The molecule has 0 bridgehead atoms. The van der Waals surface area contributed by atoms with Crippen LogP contribution in [-0.4, -0.2) is 38.7 Å². The van der Waals surface area contributed by atoms with Crippen LogP contribution in [0.4, 0.5) is 5.82 Å². The number of ether oxygens (including phenoxy) is 1. The van der Waals surface area contributed by atoms with Crippen LogP contribution in [0.15, 0.2) is 4.79 Å². The van der Waals surface area contributed by atoms with Gasteiger partial charge >= 0.3 is 11.7 Å². The number of unbranched alkanes of at least 4 members (excludes halogenated alkanes) is 1. The standard InChI is InChI=1S/C16H26N6O2/c1-2-3-10-24-15-20-13(17)12-14(21-15)22(16(23)19-12)9-7-11-6-4-5-8-18-11/h11,18H,2-10H2,1H3,(H,19,23)(H2,17,20,21). The van der Waals surface area contributed by atoms with Crippen LogP contribution < -0.4 is 21.5 Å². The number of aromatic nitrogens is 4. The van der Waals surface area contributed by atoms with Gasteiger partial charge in [-0.2, -0.15) is 9.97 Å². The fraction of sp³-hybridized carbons (Fsp3) is 0.688. The minimum atomic E-state index is -0.201. The fourth-order valence-corrected chi connectivity index (χ4v) is 3.07. The lowest BCUT2D eigenvalue weighted by Crippen LogP contribution is -2.35. The first-order chi connectivity index (χ1) is 11.7. The first-order valence-corrected chi connectivity index (χ1v) is 8.81. The van der Waals surface area contributed by atoms with Crippen molar-refractivity contribution in [3.05, 3.63) is 10.5 Å². The third-order valence-electron chi connectivity index (χ3n) is 4.47. The lowest BCUT2D eigenvalue weighted by atomic mass is 10.0. The summed E-state index contributed by atoms with van der Waals surface area (Å²) in [5, 5.41) is 3.50.